The lowest BCUT2D eigenvalue weighted by Crippen LogP contribution is -2.35. The summed E-state index contributed by atoms with van der Waals surface area (Å²) in [6.45, 7) is 7.47. The number of phenolic OH excluding ortho intramolecular Hbond substituents is 1. The number of likely N-dealkylation sites (tertiary alicyclic amines) is 1. The number of amides is 1. The number of hydrogen-bond acceptors (Lipinski definition) is 4. The van der Waals surface area contributed by atoms with Gasteiger partial charge >= 0.3 is 6.09 Å². The zero-order valence-corrected chi connectivity index (χ0v) is 12.8. The summed E-state index contributed by atoms with van der Waals surface area (Å²) in [5.41, 5.74) is -0.465. The van der Waals surface area contributed by atoms with Gasteiger partial charge in [0, 0.05) is 25.1 Å². The maximum absolute atomic E-state index is 12.0. The average Bonchev–Trinajstić information content (AvgIpc) is 2.83. The Kier molecular flexibility index (Phi) is 4.60. The highest BCUT2D eigenvalue weighted by atomic mass is 16.6. The van der Waals surface area contributed by atoms with Crippen molar-refractivity contribution in [3.8, 4) is 11.5 Å². The zero-order chi connectivity index (χ0) is 15.5. The van der Waals surface area contributed by atoms with E-state index in [1.54, 1.807) is 29.2 Å². The van der Waals surface area contributed by atoms with E-state index < -0.39 is 5.60 Å². The van der Waals surface area contributed by atoms with E-state index >= 15 is 0 Å². The Hall–Kier alpha value is -1.91. The molecule has 1 aliphatic rings. The fourth-order valence-electron chi connectivity index (χ4n) is 2.25. The van der Waals surface area contributed by atoms with Crippen LogP contribution in [0.15, 0.2) is 24.3 Å². The maximum Gasteiger partial charge on any atom is 0.410 e. The predicted octanol–water partition coefficient (Wildman–Crippen LogP) is 3.03. The Balaban J connectivity index is 1.79. The number of phenols is 1. The second-order valence-corrected chi connectivity index (χ2v) is 6.39. The summed E-state index contributed by atoms with van der Waals surface area (Å²) in [7, 11) is 0. The molecule has 0 radical (unpaired) electrons. The van der Waals surface area contributed by atoms with Gasteiger partial charge in [0.05, 0.1) is 6.61 Å². The number of benzene rings is 1. The molecule has 0 bridgehead atoms. The number of rotatable bonds is 3. The molecule has 5 heteroatoms. The van der Waals surface area contributed by atoms with Gasteiger partial charge in [0.15, 0.2) is 0 Å². The zero-order valence-electron chi connectivity index (χ0n) is 12.8. The van der Waals surface area contributed by atoms with E-state index in [0.29, 0.717) is 31.4 Å². The molecule has 1 aliphatic heterocycles. The van der Waals surface area contributed by atoms with Gasteiger partial charge in [-0.15, -0.1) is 0 Å². The van der Waals surface area contributed by atoms with Crippen LogP contribution < -0.4 is 4.74 Å². The minimum Gasteiger partial charge on any atom is -0.508 e. The lowest BCUT2D eigenvalue weighted by Gasteiger charge is -2.24. The molecule has 1 amide bonds. The second kappa shape index (κ2) is 6.24. The highest BCUT2D eigenvalue weighted by molar-refractivity contribution is 5.68. The SMILES string of the molecule is CC(C)(C)OC(=O)N1CC[C@@H](COc2cccc(O)c2)C1. The Labute approximate surface area is 125 Å². The molecule has 0 unspecified atom stereocenters. The molecule has 21 heavy (non-hydrogen) atoms. The summed E-state index contributed by atoms with van der Waals surface area (Å²) >= 11 is 0. The molecule has 116 valence electrons. The van der Waals surface area contributed by atoms with Crippen LogP contribution in [0.3, 0.4) is 0 Å². The van der Waals surface area contributed by atoms with Crippen LogP contribution in [0.25, 0.3) is 0 Å². The fourth-order valence-corrected chi connectivity index (χ4v) is 2.25. The summed E-state index contributed by atoms with van der Waals surface area (Å²) in [6, 6.07) is 6.74. The van der Waals surface area contributed by atoms with E-state index in [1.807, 2.05) is 20.8 Å². The van der Waals surface area contributed by atoms with Crippen molar-refractivity contribution >= 4 is 6.09 Å². The van der Waals surface area contributed by atoms with Crippen molar-refractivity contribution in [1.82, 2.24) is 4.90 Å². The summed E-state index contributed by atoms with van der Waals surface area (Å²) in [6.07, 6.45) is 0.639. The van der Waals surface area contributed by atoms with Crippen molar-refractivity contribution in [1.29, 1.82) is 0 Å². The fraction of sp³-hybridized carbons (Fsp3) is 0.562. The van der Waals surface area contributed by atoms with E-state index in [4.69, 9.17) is 9.47 Å². The average molecular weight is 293 g/mol. The quantitative estimate of drug-likeness (QED) is 0.930. The minimum absolute atomic E-state index is 0.189. The van der Waals surface area contributed by atoms with Crippen molar-refractivity contribution in [3.63, 3.8) is 0 Å². The largest absolute Gasteiger partial charge is 0.508 e. The molecule has 0 aliphatic carbocycles. The van der Waals surface area contributed by atoms with Crippen molar-refractivity contribution in [2.45, 2.75) is 32.8 Å². The topological polar surface area (TPSA) is 59.0 Å². The standard InChI is InChI=1S/C16H23NO4/c1-16(2,3)21-15(19)17-8-7-12(10-17)11-20-14-6-4-5-13(18)9-14/h4-6,9,12,18H,7-8,10-11H2,1-3H3/t12-/m1/s1. The van der Waals surface area contributed by atoms with Crippen molar-refractivity contribution in [3.05, 3.63) is 24.3 Å². The Morgan fingerprint density at radius 1 is 1.43 bits per heavy atom. The molecule has 0 aromatic heterocycles. The van der Waals surface area contributed by atoms with Gasteiger partial charge in [0.1, 0.15) is 17.1 Å². The Morgan fingerprint density at radius 3 is 2.86 bits per heavy atom. The molecular weight excluding hydrogens is 270 g/mol. The van der Waals surface area contributed by atoms with E-state index in [1.165, 1.54) is 0 Å². The van der Waals surface area contributed by atoms with Crippen LogP contribution in [0.4, 0.5) is 4.79 Å². The molecule has 1 heterocycles. The van der Waals surface area contributed by atoms with Gasteiger partial charge < -0.3 is 19.5 Å². The number of carbonyl (C=O) groups is 1. The molecule has 1 fully saturated rings. The van der Waals surface area contributed by atoms with Gasteiger partial charge in [-0.3, -0.25) is 0 Å². The predicted molar refractivity (Wildman–Crippen MR) is 79.5 cm³/mol. The molecule has 1 atom stereocenters. The van der Waals surface area contributed by atoms with Crippen molar-refractivity contribution in [2.75, 3.05) is 19.7 Å². The van der Waals surface area contributed by atoms with Gasteiger partial charge in [-0.1, -0.05) is 6.07 Å². The molecule has 1 aromatic rings. The molecule has 0 saturated carbocycles. The molecule has 5 nitrogen and oxygen atoms in total. The number of aromatic hydroxyl groups is 1. The van der Waals surface area contributed by atoms with Crippen molar-refractivity contribution < 1.29 is 19.4 Å². The van der Waals surface area contributed by atoms with E-state index in [-0.39, 0.29) is 11.8 Å². The first kappa shape index (κ1) is 15.5. The molecule has 1 aromatic carbocycles. The smallest absolute Gasteiger partial charge is 0.410 e. The highest BCUT2D eigenvalue weighted by Crippen LogP contribution is 2.22. The lowest BCUT2D eigenvalue weighted by atomic mass is 10.1. The summed E-state index contributed by atoms with van der Waals surface area (Å²) in [4.78, 5) is 13.7. The molecule has 1 N–H and O–H groups in total. The molecule has 1 saturated heterocycles. The normalized spacial score (nSPS) is 18.6. The third-order valence-corrected chi connectivity index (χ3v) is 3.24. The lowest BCUT2D eigenvalue weighted by molar-refractivity contribution is 0.0285. The second-order valence-electron chi connectivity index (χ2n) is 6.39. The van der Waals surface area contributed by atoms with Crippen LogP contribution in [-0.4, -0.2) is 41.4 Å². The van der Waals surface area contributed by atoms with Crippen molar-refractivity contribution in [2.24, 2.45) is 5.92 Å². The van der Waals surface area contributed by atoms with E-state index in [2.05, 4.69) is 0 Å². The Morgan fingerprint density at radius 2 is 2.19 bits per heavy atom. The van der Waals surface area contributed by atoms with Gasteiger partial charge in [-0.05, 0) is 39.3 Å². The van der Waals surface area contributed by atoms with Gasteiger partial charge in [0.2, 0.25) is 0 Å². The summed E-state index contributed by atoms with van der Waals surface area (Å²) < 4.78 is 11.0. The summed E-state index contributed by atoms with van der Waals surface area (Å²) in [5.74, 6) is 1.12. The highest BCUT2D eigenvalue weighted by Gasteiger charge is 2.30. The Bertz CT molecular complexity index is 495. The van der Waals surface area contributed by atoms with Gasteiger partial charge in [-0.2, -0.15) is 0 Å². The monoisotopic (exact) mass is 293 g/mol. The van der Waals surface area contributed by atoms with Crippen LogP contribution in [0.2, 0.25) is 0 Å². The van der Waals surface area contributed by atoms with Gasteiger partial charge in [-0.25, -0.2) is 4.79 Å². The molecular formula is C16H23NO4. The first-order valence-electron chi connectivity index (χ1n) is 7.23. The van der Waals surface area contributed by atoms with Crippen LogP contribution in [-0.2, 0) is 4.74 Å². The van der Waals surface area contributed by atoms with Crippen LogP contribution in [0, 0.1) is 5.92 Å². The first-order chi connectivity index (χ1) is 9.83. The molecule has 0 spiro atoms. The number of hydrogen-bond donors (Lipinski definition) is 1. The van der Waals surface area contributed by atoms with Gasteiger partial charge in [0.25, 0.3) is 0 Å². The van der Waals surface area contributed by atoms with Crippen LogP contribution >= 0.6 is 0 Å². The van der Waals surface area contributed by atoms with E-state index in [9.17, 15) is 9.90 Å². The number of nitrogens with zero attached hydrogens (tertiary/aromatic N) is 1. The number of ether oxygens (including phenoxy) is 2. The van der Waals surface area contributed by atoms with Crippen LogP contribution in [0.5, 0.6) is 11.5 Å². The molecule has 2 rings (SSSR count). The van der Waals surface area contributed by atoms with E-state index in [0.717, 1.165) is 6.42 Å². The third kappa shape index (κ3) is 4.85. The first-order valence-corrected chi connectivity index (χ1v) is 7.23. The summed E-state index contributed by atoms with van der Waals surface area (Å²) in [5, 5.41) is 9.38. The third-order valence-electron chi connectivity index (χ3n) is 3.24. The minimum atomic E-state index is -0.465. The maximum atomic E-state index is 12.0. The van der Waals surface area contributed by atoms with Crippen LogP contribution in [0.1, 0.15) is 27.2 Å². The number of carbonyl (C=O) groups excluding carboxylic acids is 1.